The molecule has 1 aliphatic rings. The number of hydrogen-bond acceptors (Lipinski definition) is 3. The van der Waals surface area contributed by atoms with E-state index in [0.29, 0.717) is 0 Å². The molecule has 1 fully saturated rings. The molecule has 5 nitrogen and oxygen atoms in total. The summed E-state index contributed by atoms with van der Waals surface area (Å²) in [4.78, 5) is 25.1. The minimum absolute atomic E-state index is 0.165. The number of carbonyl (C=O) groups is 2. The molecule has 0 aromatic heterocycles. The van der Waals surface area contributed by atoms with E-state index in [4.69, 9.17) is 5.11 Å². The number of likely N-dealkylation sites (tertiary alicyclic amines) is 1. The van der Waals surface area contributed by atoms with Gasteiger partial charge in [-0.25, -0.2) is 0 Å². The van der Waals surface area contributed by atoms with Gasteiger partial charge >= 0.3 is 5.97 Å². The molecule has 0 aromatic rings. The number of amides is 1. The van der Waals surface area contributed by atoms with Crippen molar-refractivity contribution in [2.24, 2.45) is 5.92 Å². The molecular formula is C13H24N2O3. The first-order valence-corrected chi connectivity index (χ1v) is 6.70. The maximum atomic E-state index is 12.2. The van der Waals surface area contributed by atoms with Gasteiger partial charge in [0.15, 0.2) is 0 Å². The fourth-order valence-electron chi connectivity index (χ4n) is 2.45. The first-order valence-electron chi connectivity index (χ1n) is 6.70. The van der Waals surface area contributed by atoms with Gasteiger partial charge in [0, 0.05) is 0 Å². The predicted molar refractivity (Wildman–Crippen MR) is 69.3 cm³/mol. The molecule has 1 heterocycles. The largest absolute Gasteiger partial charge is 0.480 e. The van der Waals surface area contributed by atoms with Gasteiger partial charge < -0.3 is 10.4 Å². The Morgan fingerprint density at radius 2 is 1.67 bits per heavy atom. The molecule has 2 N–H and O–H groups in total. The first kappa shape index (κ1) is 15.0. The van der Waals surface area contributed by atoms with E-state index in [1.165, 1.54) is 13.3 Å². The van der Waals surface area contributed by atoms with Gasteiger partial charge in [-0.1, -0.05) is 20.3 Å². The van der Waals surface area contributed by atoms with E-state index in [2.05, 4.69) is 10.2 Å². The molecular weight excluding hydrogens is 232 g/mol. The second kappa shape index (κ2) is 6.73. The summed E-state index contributed by atoms with van der Waals surface area (Å²) in [7, 11) is 0. The third-order valence-electron chi connectivity index (χ3n) is 3.41. The smallest absolute Gasteiger partial charge is 0.325 e. The number of piperidine rings is 1. The van der Waals surface area contributed by atoms with E-state index >= 15 is 0 Å². The van der Waals surface area contributed by atoms with E-state index in [-0.39, 0.29) is 17.9 Å². The minimum atomic E-state index is -0.996. The van der Waals surface area contributed by atoms with Crippen LogP contribution in [0.2, 0.25) is 0 Å². The quantitative estimate of drug-likeness (QED) is 0.772. The molecule has 1 unspecified atom stereocenters. The molecule has 0 bridgehead atoms. The highest BCUT2D eigenvalue weighted by molar-refractivity contribution is 5.86. The molecule has 1 saturated heterocycles. The van der Waals surface area contributed by atoms with Crippen LogP contribution in [0.15, 0.2) is 0 Å². The van der Waals surface area contributed by atoms with Gasteiger partial charge in [0.25, 0.3) is 0 Å². The number of carboxylic acid groups (broad SMARTS) is 1. The van der Waals surface area contributed by atoms with E-state index in [1.807, 2.05) is 13.8 Å². The van der Waals surface area contributed by atoms with Gasteiger partial charge in [-0.15, -0.1) is 0 Å². The summed E-state index contributed by atoms with van der Waals surface area (Å²) in [6.45, 7) is 7.36. The summed E-state index contributed by atoms with van der Waals surface area (Å²) in [5, 5.41) is 11.4. The number of nitrogens with zero attached hydrogens (tertiary/aromatic N) is 1. The number of carbonyl (C=O) groups excluding carboxylic acids is 1. The fraction of sp³-hybridized carbons (Fsp3) is 0.846. The van der Waals surface area contributed by atoms with Crippen molar-refractivity contribution in [1.82, 2.24) is 10.2 Å². The molecule has 5 heteroatoms. The topological polar surface area (TPSA) is 69.6 Å². The minimum Gasteiger partial charge on any atom is -0.480 e. The van der Waals surface area contributed by atoms with Crippen molar-refractivity contribution in [3.05, 3.63) is 0 Å². The van der Waals surface area contributed by atoms with E-state index in [9.17, 15) is 9.59 Å². The second-order valence-electron chi connectivity index (χ2n) is 5.35. The fourth-order valence-corrected chi connectivity index (χ4v) is 2.45. The Hall–Kier alpha value is -1.10. The van der Waals surface area contributed by atoms with Crippen LogP contribution in [-0.4, -0.2) is 47.1 Å². The molecule has 0 aromatic carbocycles. The summed E-state index contributed by atoms with van der Waals surface area (Å²) >= 11 is 0. The Balaban J connectivity index is 2.65. The van der Waals surface area contributed by atoms with Crippen LogP contribution in [0.1, 0.15) is 40.0 Å². The van der Waals surface area contributed by atoms with Crippen LogP contribution in [0, 0.1) is 5.92 Å². The number of carboxylic acids is 1. The summed E-state index contributed by atoms with van der Waals surface area (Å²) < 4.78 is 0. The number of rotatable bonds is 5. The van der Waals surface area contributed by atoms with Gasteiger partial charge in [-0.2, -0.15) is 0 Å². The predicted octanol–water partition coefficient (Wildman–Crippen LogP) is 1.09. The third kappa shape index (κ3) is 3.98. The Kier molecular flexibility index (Phi) is 5.59. The van der Waals surface area contributed by atoms with Crippen molar-refractivity contribution in [1.29, 1.82) is 0 Å². The highest BCUT2D eigenvalue weighted by atomic mass is 16.4. The van der Waals surface area contributed by atoms with Gasteiger partial charge in [0.1, 0.15) is 6.04 Å². The first-order chi connectivity index (χ1) is 8.43. The van der Waals surface area contributed by atoms with Crippen LogP contribution in [0.5, 0.6) is 0 Å². The zero-order valence-corrected chi connectivity index (χ0v) is 11.5. The monoisotopic (exact) mass is 256 g/mol. The summed E-state index contributed by atoms with van der Waals surface area (Å²) in [6.07, 6.45) is 3.45. The van der Waals surface area contributed by atoms with E-state index in [1.54, 1.807) is 0 Å². The zero-order valence-electron chi connectivity index (χ0n) is 11.5. The third-order valence-corrected chi connectivity index (χ3v) is 3.41. The molecule has 104 valence electrons. The van der Waals surface area contributed by atoms with Crippen LogP contribution in [-0.2, 0) is 9.59 Å². The second-order valence-corrected chi connectivity index (χ2v) is 5.35. The average molecular weight is 256 g/mol. The van der Waals surface area contributed by atoms with Crippen molar-refractivity contribution in [3.63, 3.8) is 0 Å². The van der Waals surface area contributed by atoms with Gasteiger partial charge in [-0.3, -0.25) is 14.5 Å². The SMILES string of the molecule is CC(C)C(C(=O)N[C@H](C)C(=O)O)N1CCCCC1. The van der Waals surface area contributed by atoms with Crippen LogP contribution in [0.4, 0.5) is 0 Å². The zero-order chi connectivity index (χ0) is 13.7. The van der Waals surface area contributed by atoms with Gasteiger partial charge in [-0.05, 0) is 38.8 Å². The lowest BCUT2D eigenvalue weighted by atomic mass is 9.98. The lowest BCUT2D eigenvalue weighted by Gasteiger charge is -2.36. The highest BCUT2D eigenvalue weighted by Crippen LogP contribution is 2.17. The normalized spacial score (nSPS) is 20.4. The molecule has 18 heavy (non-hydrogen) atoms. The van der Waals surface area contributed by atoms with Crippen LogP contribution < -0.4 is 5.32 Å². The summed E-state index contributed by atoms with van der Waals surface area (Å²) in [6, 6.07) is -1.05. The van der Waals surface area contributed by atoms with Crippen molar-refractivity contribution in [2.45, 2.75) is 52.1 Å². The maximum Gasteiger partial charge on any atom is 0.325 e. The van der Waals surface area contributed by atoms with Crippen molar-refractivity contribution >= 4 is 11.9 Å². The Labute approximate surface area is 109 Å². The van der Waals surface area contributed by atoms with Gasteiger partial charge in [0.05, 0.1) is 6.04 Å². The molecule has 0 aliphatic carbocycles. The van der Waals surface area contributed by atoms with E-state index < -0.39 is 12.0 Å². The Morgan fingerprint density at radius 3 is 2.11 bits per heavy atom. The molecule has 1 aliphatic heterocycles. The molecule has 0 radical (unpaired) electrons. The molecule has 1 rings (SSSR count). The summed E-state index contributed by atoms with van der Waals surface area (Å²) in [5.74, 6) is -0.976. The van der Waals surface area contributed by atoms with Crippen LogP contribution in [0.3, 0.4) is 0 Å². The van der Waals surface area contributed by atoms with Crippen molar-refractivity contribution in [2.75, 3.05) is 13.1 Å². The van der Waals surface area contributed by atoms with Crippen molar-refractivity contribution in [3.8, 4) is 0 Å². The summed E-state index contributed by atoms with van der Waals surface area (Å²) in [5.41, 5.74) is 0. The molecule has 1 amide bonds. The molecule has 0 spiro atoms. The van der Waals surface area contributed by atoms with Crippen LogP contribution in [0.25, 0.3) is 0 Å². The lowest BCUT2D eigenvalue weighted by molar-refractivity contribution is -0.142. The number of nitrogens with one attached hydrogen (secondary N) is 1. The Morgan fingerprint density at radius 1 is 1.11 bits per heavy atom. The standard InChI is InChI=1S/C13H24N2O3/c1-9(2)11(15-7-5-4-6-8-15)12(16)14-10(3)13(17)18/h9-11H,4-8H2,1-3H3,(H,14,16)(H,17,18)/t10-,11?/m1/s1. The van der Waals surface area contributed by atoms with Gasteiger partial charge in [0.2, 0.25) is 5.91 Å². The van der Waals surface area contributed by atoms with E-state index in [0.717, 1.165) is 25.9 Å². The van der Waals surface area contributed by atoms with Crippen LogP contribution >= 0.6 is 0 Å². The maximum absolute atomic E-state index is 12.2. The molecule has 2 atom stereocenters. The number of aliphatic carboxylic acids is 1. The average Bonchev–Trinajstić information content (AvgIpc) is 2.29. The number of hydrogen-bond donors (Lipinski definition) is 2. The lowest BCUT2D eigenvalue weighted by Crippen LogP contribution is -2.54. The molecule has 0 saturated carbocycles. The van der Waals surface area contributed by atoms with Crippen molar-refractivity contribution < 1.29 is 14.7 Å². The Bertz CT molecular complexity index is 299. The highest BCUT2D eigenvalue weighted by Gasteiger charge is 2.31.